The summed E-state index contributed by atoms with van der Waals surface area (Å²) in [5.41, 5.74) is 0. The first-order chi connectivity index (χ1) is 8.36. The molecular weight excluding hydrogens is 212 g/mol. The molecule has 0 saturated heterocycles. The molecule has 0 aromatic heterocycles. The van der Waals surface area contributed by atoms with Gasteiger partial charge in [0, 0.05) is 10.8 Å². The molecule has 90 valence electrons. The zero-order chi connectivity index (χ0) is 12.1. The van der Waals surface area contributed by atoms with Crippen molar-refractivity contribution in [2.75, 3.05) is 13.2 Å². The van der Waals surface area contributed by atoms with Gasteiger partial charge >= 0.3 is 0 Å². The fourth-order valence-electron chi connectivity index (χ4n) is 1.86. The van der Waals surface area contributed by atoms with Crippen LogP contribution in [0, 0.1) is 0 Å². The summed E-state index contributed by atoms with van der Waals surface area (Å²) >= 11 is 0. The first-order valence-corrected chi connectivity index (χ1v) is 6.14. The van der Waals surface area contributed by atoms with Crippen LogP contribution in [0.2, 0.25) is 0 Å². The molecule has 0 atom stereocenters. The Morgan fingerprint density at radius 1 is 0.824 bits per heavy atom. The van der Waals surface area contributed by atoms with E-state index in [-0.39, 0.29) is 0 Å². The zero-order valence-corrected chi connectivity index (χ0v) is 10.4. The summed E-state index contributed by atoms with van der Waals surface area (Å²) < 4.78 is 11.4. The molecule has 0 spiro atoms. The van der Waals surface area contributed by atoms with Crippen LogP contribution in [0.3, 0.4) is 0 Å². The molecule has 2 rings (SSSR count). The minimum atomic E-state index is 0.680. The molecule has 0 amide bonds. The molecule has 0 N–H and O–H groups in total. The Hall–Kier alpha value is -1.70. The molecule has 0 radical (unpaired) electrons. The van der Waals surface area contributed by atoms with Crippen LogP contribution in [0.5, 0.6) is 11.5 Å². The maximum atomic E-state index is 5.75. The maximum Gasteiger partial charge on any atom is 0.127 e. The second kappa shape index (κ2) is 5.58. The summed E-state index contributed by atoms with van der Waals surface area (Å²) in [6.45, 7) is 5.53. The van der Waals surface area contributed by atoms with Gasteiger partial charge in [-0.1, -0.05) is 31.2 Å². The van der Waals surface area contributed by atoms with Crippen molar-refractivity contribution in [1.29, 1.82) is 0 Å². The molecule has 0 fully saturated rings. The van der Waals surface area contributed by atoms with Gasteiger partial charge in [-0.05, 0) is 25.5 Å². The van der Waals surface area contributed by atoms with E-state index in [2.05, 4.69) is 19.1 Å². The normalized spacial score (nSPS) is 10.5. The largest absolute Gasteiger partial charge is 0.493 e. The molecule has 0 heterocycles. The Morgan fingerprint density at radius 2 is 1.41 bits per heavy atom. The highest BCUT2D eigenvalue weighted by atomic mass is 16.5. The van der Waals surface area contributed by atoms with E-state index in [9.17, 15) is 0 Å². The van der Waals surface area contributed by atoms with Crippen molar-refractivity contribution < 1.29 is 9.47 Å². The summed E-state index contributed by atoms with van der Waals surface area (Å²) in [5, 5.41) is 2.23. The number of ether oxygens (including phenoxy) is 2. The average molecular weight is 230 g/mol. The van der Waals surface area contributed by atoms with E-state index < -0.39 is 0 Å². The molecular formula is C15H18O2. The molecule has 2 aromatic carbocycles. The Labute approximate surface area is 102 Å². The van der Waals surface area contributed by atoms with Crippen molar-refractivity contribution in [3.63, 3.8) is 0 Å². The fraction of sp³-hybridized carbons (Fsp3) is 0.333. The van der Waals surface area contributed by atoms with Crippen molar-refractivity contribution in [2.45, 2.75) is 20.3 Å². The summed E-state index contributed by atoms with van der Waals surface area (Å²) in [4.78, 5) is 0. The Kier molecular flexibility index (Phi) is 3.86. The van der Waals surface area contributed by atoms with Gasteiger partial charge in [-0.15, -0.1) is 0 Å². The smallest absolute Gasteiger partial charge is 0.127 e. The van der Waals surface area contributed by atoms with E-state index in [4.69, 9.17) is 9.47 Å². The van der Waals surface area contributed by atoms with Crippen LogP contribution in [-0.4, -0.2) is 13.2 Å². The SMILES string of the molecule is CCCOc1ccc(OCC)c2ccccc12. The average Bonchev–Trinajstić information content (AvgIpc) is 2.38. The fourth-order valence-corrected chi connectivity index (χ4v) is 1.86. The van der Waals surface area contributed by atoms with Gasteiger partial charge in [-0.2, -0.15) is 0 Å². The first kappa shape index (κ1) is 11.8. The standard InChI is InChI=1S/C15H18O2/c1-3-11-17-15-10-9-14(16-4-2)12-7-5-6-8-13(12)15/h5-10H,3-4,11H2,1-2H3. The lowest BCUT2D eigenvalue weighted by Gasteiger charge is -2.12. The van der Waals surface area contributed by atoms with Gasteiger partial charge < -0.3 is 9.47 Å². The first-order valence-electron chi connectivity index (χ1n) is 6.14. The molecule has 17 heavy (non-hydrogen) atoms. The quantitative estimate of drug-likeness (QED) is 0.772. The highest BCUT2D eigenvalue weighted by Crippen LogP contribution is 2.33. The van der Waals surface area contributed by atoms with E-state index in [0.717, 1.165) is 35.3 Å². The predicted molar refractivity (Wildman–Crippen MR) is 70.9 cm³/mol. The molecule has 2 heteroatoms. The molecule has 0 unspecified atom stereocenters. The number of fused-ring (bicyclic) bond motifs is 1. The van der Waals surface area contributed by atoms with Gasteiger partial charge in [0.1, 0.15) is 11.5 Å². The molecule has 0 aliphatic rings. The van der Waals surface area contributed by atoms with Crippen molar-refractivity contribution in [3.8, 4) is 11.5 Å². The van der Waals surface area contributed by atoms with Crippen LogP contribution in [0.4, 0.5) is 0 Å². The Balaban J connectivity index is 2.46. The number of rotatable bonds is 5. The third-order valence-corrected chi connectivity index (χ3v) is 2.61. The summed E-state index contributed by atoms with van der Waals surface area (Å²) in [6, 6.07) is 12.2. The Bertz CT molecular complexity index is 491. The highest BCUT2D eigenvalue weighted by Gasteiger charge is 2.06. The molecule has 0 bridgehead atoms. The maximum absolute atomic E-state index is 5.75. The van der Waals surface area contributed by atoms with Crippen LogP contribution in [0.15, 0.2) is 36.4 Å². The minimum Gasteiger partial charge on any atom is -0.493 e. The Morgan fingerprint density at radius 3 is 1.94 bits per heavy atom. The van der Waals surface area contributed by atoms with Gasteiger partial charge in [0.25, 0.3) is 0 Å². The van der Waals surface area contributed by atoms with Crippen molar-refractivity contribution in [1.82, 2.24) is 0 Å². The molecule has 0 saturated carbocycles. The summed E-state index contributed by atoms with van der Waals surface area (Å²) in [6.07, 6.45) is 1.02. The lowest BCUT2D eigenvalue weighted by Crippen LogP contribution is -1.97. The third kappa shape index (κ3) is 2.52. The summed E-state index contributed by atoms with van der Waals surface area (Å²) in [7, 11) is 0. The lowest BCUT2D eigenvalue weighted by atomic mass is 10.1. The van der Waals surface area contributed by atoms with E-state index in [1.165, 1.54) is 0 Å². The van der Waals surface area contributed by atoms with Crippen LogP contribution in [0.1, 0.15) is 20.3 Å². The van der Waals surface area contributed by atoms with E-state index in [0.29, 0.717) is 6.61 Å². The van der Waals surface area contributed by atoms with Crippen LogP contribution in [0.25, 0.3) is 10.8 Å². The van der Waals surface area contributed by atoms with Gasteiger partial charge in [0.2, 0.25) is 0 Å². The topological polar surface area (TPSA) is 18.5 Å². The van der Waals surface area contributed by atoms with Crippen LogP contribution < -0.4 is 9.47 Å². The third-order valence-electron chi connectivity index (χ3n) is 2.61. The predicted octanol–water partition coefficient (Wildman–Crippen LogP) is 4.03. The van der Waals surface area contributed by atoms with Gasteiger partial charge in [0.15, 0.2) is 0 Å². The van der Waals surface area contributed by atoms with Gasteiger partial charge in [-0.25, -0.2) is 0 Å². The molecule has 2 aromatic rings. The van der Waals surface area contributed by atoms with Crippen molar-refractivity contribution in [3.05, 3.63) is 36.4 Å². The van der Waals surface area contributed by atoms with Gasteiger partial charge in [-0.3, -0.25) is 0 Å². The second-order valence-electron chi connectivity index (χ2n) is 3.89. The van der Waals surface area contributed by atoms with Crippen LogP contribution >= 0.6 is 0 Å². The lowest BCUT2D eigenvalue weighted by molar-refractivity contribution is 0.319. The second-order valence-corrected chi connectivity index (χ2v) is 3.89. The van der Waals surface area contributed by atoms with Crippen molar-refractivity contribution >= 4 is 10.8 Å². The molecule has 2 nitrogen and oxygen atoms in total. The van der Waals surface area contributed by atoms with E-state index in [1.54, 1.807) is 0 Å². The van der Waals surface area contributed by atoms with Crippen molar-refractivity contribution in [2.24, 2.45) is 0 Å². The molecule has 0 aliphatic carbocycles. The number of hydrogen-bond donors (Lipinski definition) is 0. The van der Waals surface area contributed by atoms with E-state index >= 15 is 0 Å². The minimum absolute atomic E-state index is 0.680. The highest BCUT2D eigenvalue weighted by molar-refractivity contribution is 5.93. The summed E-state index contributed by atoms with van der Waals surface area (Å²) in [5.74, 6) is 1.86. The van der Waals surface area contributed by atoms with Crippen LogP contribution in [-0.2, 0) is 0 Å². The monoisotopic (exact) mass is 230 g/mol. The zero-order valence-electron chi connectivity index (χ0n) is 10.4. The molecule has 0 aliphatic heterocycles. The van der Waals surface area contributed by atoms with E-state index in [1.807, 2.05) is 31.2 Å². The number of hydrogen-bond acceptors (Lipinski definition) is 2. The van der Waals surface area contributed by atoms with Gasteiger partial charge in [0.05, 0.1) is 13.2 Å². The number of benzene rings is 2.